The first kappa shape index (κ1) is 20.0. The second-order valence-corrected chi connectivity index (χ2v) is 7.43. The van der Waals surface area contributed by atoms with Crippen LogP contribution in [0, 0.1) is 0 Å². The Bertz CT molecular complexity index is 777. The summed E-state index contributed by atoms with van der Waals surface area (Å²) in [5.74, 6) is -0.0499. The number of morpholine rings is 1. The van der Waals surface area contributed by atoms with Crippen molar-refractivity contribution in [3.8, 4) is 0 Å². The monoisotopic (exact) mass is 408 g/mol. The largest absolute Gasteiger partial charge is 0.378 e. The summed E-state index contributed by atoms with van der Waals surface area (Å²) in [4.78, 5) is 14.5. The van der Waals surface area contributed by atoms with E-state index in [2.05, 4.69) is 10.2 Å². The molecule has 27 heavy (non-hydrogen) atoms. The van der Waals surface area contributed by atoms with E-state index >= 15 is 0 Å². The second kappa shape index (κ2) is 9.42. The van der Waals surface area contributed by atoms with Crippen molar-refractivity contribution < 1.29 is 14.8 Å². The highest BCUT2D eigenvalue weighted by atomic mass is 35.5. The Hall–Kier alpha value is -1.79. The van der Waals surface area contributed by atoms with E-state index in [0.717, 1.165) is 43.2 Å². The van der Waals surface area contributed by atoms with E-state index in [1.807, 2.05) is 48.6 Å². The molecule has 3 N–H and O–H groups in total. The van der Waals surface area contributed by atoms with Crippen LogP contribution in [-0.2, 0) is 9.53 Å². The fourth-order valence-electron chi connectivity index (χ4n) is 3.07. The van der Waals surface area contributed by atoms with E-state index in [0.29, 0.717) is 16.6 Å². The van der Waals surface area contributed by atoms with Gasteiger partial charge in [0.2, 0.25) is 0 Å². The van der Waals surface area contributed by atoms with Crippen LogP contribution in [0.15, 0.2) is 42.5 Å². The van der Waals surface area contributed by atoms with E-state index in [9.17, 15) is 4.79 Å². The Labute approximate surface area is 169 Å². The smallest absolute Gasteiger partial charge is 0.279 e. The molecule has 5 nitrogen and oxygen atoms in total. The summed E-state index contributed by atoms with van der Waals surface area (Å²) >= 11 is 12.2. The third-order valence-corrected chi connectivity index (χ3v) is 5.20. The Morgan fingerprint density at radius 2 is 1.89 bits per heavy atom. The van der Waals surface area contributed by atoms with Crippen LogP contribution < -0.4 is 15.5 Å². The maximum Gasteiger partial charge on any atom is 0.279 e. The van der Waals surface area contributed by atoms with Gasteiger partial charge in [-0.15, -0.1) is 0 Å². The molecule has 0 aromatic heterocycles. The molecule has 0 spiro atoms. The fraction of sp³-hybridized carbons (Fsp3) is 0.350. The van der Waals surface area contributed by atoms with Crippen LogP contribution in [0.5, 0.6) is 0 Å². The lowest BCUT2D eigenvalue weighted by Crippen LogP contribution is -2.86. The highest BCUT2D eigenvalue weighted by molar-refractivity contribution is 6.35. The minimum Gasteiger partial charge on any atom is -0.378 e. The predicted octanol–water partition coefficient (Wildman–Crippen LogP) is 3.09. The highest BCUT2D eigenvalue weighted by Crippen LogP contribution is 2.24. The molecule has 0 bridgehead atoms. The molecular formula is C20H24Cl2N3O2+. The van der Waals surface area contributed by atoms with Crippen LogP contribution in [0.2, 0.25) is 10.0 Å². The summed E-state index contributed by atoms with van der Waals surface area (Å²) in [7, 11) is 0. The number of benzene rings is 2. The summed E-state index contributed by atoms with van der Waals surface area (Å²) in [5, 5.41) is 6.11. The van der Waals surface area contributed by atoms with Gasteiger partial charge in [-0.2, -0.15) is 0 Å². The molecule has 7 heteroatoms. The molecular weight excluding hydrogens is 385 g/mol. The predicted molar refractivity (Wildman–Crippen MR) is 110 cm³/mol. The molecule has 0 unspecified atom stereocenters. The molecule has 3 rings (SSSR count). The Balaban J connectivity index is 1.50. The van der Waals surface area contributed by atoms with E-state index < -0.39 is 0 Å². The number of anilines is 2. The first-order chi connectivity index (χ1) is 13.0. The average molecular weight is 409 g/mol. The summed E-state index contributed by atoms with van der Waals surface area (Å²) < 4.78 is 5.37. The standard InChI is InChI=1S/C20H23Cl2N3O2/c1-14(18-7-2-15(21)12-19(18)22)23-13-20(26)24-16-3-5-17(6-4-16)25-8-10-27-11-9-25/h2-7,12,14,23H,8-11,13H2,1H3,(H,24,26)/p+1/t14-/m0/s1. The van der Waals surface area contributed by atoms with Gasteiger partial charge in [-0.3, -0.25) is 4.79 Å². The minimum absolute atomic E-state index is 0.0499. The summed E-state index contributed by atoms with van der Waals surface area (Å²) in [6.45, 7) is 5.62. The Morgan fingerprint density at radius 3 is 2.56 bits per heavy atom. The summed E-state index contributed by atoms with van der Waals surface area (Å²) in [5.41, 5.74) is 2.90. The van der Waals surface area contributed by atoms with Crippen LogP contribution in [0.25, 0.3) is 0 Å². The van der Waals surface area contributed by atoms with Gasteiger partial charge >= 0.3 is 0 Å². The molecule has 2 aromatic rings. The van der Waals surface area contributed by atoms with Gasteiger partial charge in [-0.1, -0.05) is 29.3 Å². The number of carbonyl (C=O) groups excluding carboxylic acids is 1. The van der Waals surface area contributed by atoms with Crippen molar-refractivity contribution in [3.63, 3.8) is 0 Å². The van der Waals surface area contributed by atoms with Gasteiger partial charge < -0.3 is 20.3 Å². The quantitative estimate of drug-likeness (QED) is 0.771. The van der Waals surface area contributed by atoms with Crippen LogP contribution in [0.1, 0.15) is 18.5 Å². The zero-order valence-corrected chi connectivity index (χ0v) is 16.8. The number of ether oxygens (including phenoxy) is 1. The lowest BCUT2D eigenvalue weighted by atomic mass is 10.1. The third-order valence-electron chi connectivity index (χ3n) is 4.64. The van der Waals surface area contributed by atoms with Crippen molar-refractivity contribution in [3.05, 3.63) is 58.1 Å². The number of rotatable bonds is 6. The number of nitrogens with one attached hydrogen (secondary N) is 1. The summed E-state index contributed by atoms with van der Waals surface area (Å²) in [6, 6.07) is 13.4. The molecule has 1 fully saturated rings. The van der Waals surface area contributed by atoms with Gasteiger partial charge in [0, 0.05) is 35.1 Å². The molecule has 0 saturated carbocycles. The molecule has 0 aliphatic carbocycles. The van der Waals surface area contributed by atoms with Crippen LogP contribution in [0.4, 0.5) is 11.4 Å². The number of amides is 1. The zero-order valence-electron chi connectivity index (χ0n) is 15.3. The van der Waals surface area contributed by atoms with E-state index in [-0.39, 0.29) is 11.9 Å². The molecule has 1 aliphatic rings. The normalized spacial score (nSPS) is 15.4. The number of nitrogens with two attached hydrogens (primary N) is 1. The van der Waals surface area contributed by atoms with E-state index in [1.54, 1.807) is 6.07 Å². The highest BCUT2D eigenvalue weighted by Gasteiger charge is 2.15. The summed E-state index contributed by atoms with van der Waals surface area (Å²) in [6.07, 6.45) is 0. The van der Waals surface area contributed by atoms with Gasteiger partial charge in [0.1, 0.15) is 6.04 Å². The molecule has 1 aliphatic heterocycles. The van der Waals surface area contributed by atoms with Crippen molar-refractivity contribution in [2.75, 3.05) is 43.1 Å². The number of hydrogen-bond acceptors (Lipinski definition) is 3. The second-order valence-electron chi connectivity index (χ2n) is 6.59. The molecule has 1 atom stereocenters. The van der Waals surface area contributed by atoms with Crippen molar-refractivity contribution in [2.24, 2.45) is 0 Å². The first-order valence-electron chi connectivity index (χ1n) is 9.04. The van der Waals surface area contributed by atoms with Crippen molar-refractivity contribution in [1.29, 1.82) is 0 Å². The maximum atomic E-state index is 12.3. The first-order valence-corrected chi connectivity index (χ1v) is 9.79. The number of quaternary nitrogens is 1. The van der Waals surface area contributed by atoms with Crippen molar-refractivity contribution >= 4 is 40.5 Å². The van der Waals surface area contributed by atoms with Crippen LogP contribution in [0.3, 0.4) is 0 Å². The molecule has 1 heterocycles. The van der Waals surface area contributed by atoms with Crippen molar-refractivity contribution in [1.82, 2.24) is 0 Å². The third kappa shape index (κ3) is 5.59. The molecule has 144 valence electrons. The van der Waals surface area contributed by atoms with Crippen molar-refractivity contribution in [2.45, 2.75) is 13.0 Å². The number of nitrogens with zero attached hydrogens (tertiary/aromatic N) is 1. The molecule has 1 saturated heterocycles. The Morgan fingerprint density at radius 1 is 1.19 bits per heavy atom. The lowest BCUT2D eigenvalue weighted by molar-refractivity contribution is -0.682. The van der Waals surface area contributed by atoms with E-state index in [4.69, 9.17) is 27.9 Å². The average Bonchev–Trinajstić information content (AvgIpc) is 2.67. The number of halogens is 2. The van der Waals surface area contributed by atoms with Gasteiger partial charge in [0.15, 0.2) is 6.54 Å². The maximum absolute atomic E-state index is 12.3. The van der Waals surface area contributed by atoms with Gasteiger partial charge in [0.25, 0.3) is 5.91 Å². The Kier molecular flexibility index (Phi) is 6.96. The number of carbonyl (C=O) groups is 1. The lowest BCUT2D eigenvalue weighted by Gasteiger charge is -2.28. The molecule has 0 radical (unpaired) electrons. The molecule has 2 aromatic carbocycles. The number of hydrogen-bond donors (Lipinski definition) is 2. The topological polar surface area (TPSA) is 58.2 Å². The van der Waals surface area contributed by atoms with Crippen LogP contribution >= 0.6 is 23.2 Å². The van der Waals surface area contributed by atoms with E-state index in [1.165, 1.54) is 0 Å². The SMILES string of the molecule is C[C@H]([NH2+]CC(=O)Nc1ccc(N2CCOCC2)cc1)c1ccc(Cl)cc1Cl. The minimum atomic E-state index is -0.0499. The fourth-order valence-corrected chi connectivity index (χ4v) is 3.65. The van der Waals surface area contributed by atoms with Crippen LogP contribution in [-0.4, -0.2) is 38.8 Å². The van der Waals surface area contributed by atoms with Gasteiger partial charge in [0.05, 0.1) is 18.2 Å². The van der Waals surface area contributed by atoms with Gasteiger partial charge in [-0.05, 0) is 43.3 Å². The zero-order chi connectivity index (χ0) is 19.2. The molecule has 1 amide bonds. The van der Waals surface area contributed by atoms with Gasteiger partial charge in [-0.25, -0.2) is 0 Å².